The largest absolute Gasteiger partial charge is 0.360 e. The van der Waals surface area contributed by atoms with E-state index >= 15 is 0 Å². The first-order valence-corrected chi connectivity index (χ1v) is 7.57. The van der Waals surface area contributed by atoms with Crippen molar-refractivity contribution in [1.29, 1.82) is 0 Å². The van der Waals surface area contributed by atoms with Crippen molar-refractivity contribution in [3.05, 3.63) is 59.9 Å². The molecule has 3 rings (SSSR count). The third kappa shape index (κ3) is 4.39. The number of aryl methyl sites for hydroxylation is 2. The smallest absolute Gasteiger partial charge is 0.225 e. The van der Waals surface area contributed by atoms with E-state index in [9.17, 15) is 4.79 Å². The zero-order valence-corrected chi connectivity index (χ0v) is 13.2. The van der Waals surface area contributed by atoms with E-state index in [2.05, 4.69) is 26.0 Å². The number of carbonyl (C=O) groups is 1. The lowest BCUT2D eigenvalue weighted by atomic mass is 10.1. The van der Waals surface area contributed by atoms with Crippen molar-refractivity contribution < 1.29 is 9.32 Å². The van der Waals surface area contributed by atoms with Crippen LogP contribution in [0.4, 0.5) is 17.5 Å². The van der Waals surface area contributed by atoms with Crippen molar-refractivity contribution in [2.24, 2.45) is 0 Å². The van der Waals surface area contributed by atoms with E-state index in [0.29, 0.717) is 36.1 Å². The average Bonchev–Trinajstić information content (AvgIpc) is 3.01. The Labute approximate surface area is 139 Å². The SMILES string of the molecule is Cc1cc(Nc2ccc(NC(=O)CCc3ccccc3)nn2)no1. The summed E-state index contributed by atoms with van der Waals surface area (Å²) >= 11 is 0. The quantitative estimate of drug-likeness (QED) is 0.724. The number of hydrogen-bond acceptors (Lipinski definition) is 6. The Morgan fingerprint density at radius 3 is 2.46 bits per heavy atom. The molecule has 1 aromatic carbocycles. The van der Waals surface area contributed by atoms with Crippen molar-refractivity contribution in [2.45, 2.75) is 19.8 Å². The molecule has 0 aliphatic heterocycles. The predicted molar refractivity (Wildman–Crippen MR) is 89.9 cm³/mol. The molecule has 0 aliphatic rings. The number of aromatic nitrogens is 3. The van der Waals surface area contributed by atoms with E-state index in [1.165, 1.54) is 0 Å². The summed E-state index contributed by atoms with van der Waals surface area (Å²) in [6.45, 7) is 1.80. The lowest BCUT2D eigenvalue weighted by Crippen LogP contribution is -2.14. The maximum Gasteiger partial charge on any atom is 0.225 e. The van der Waals surface area contributed by atoms with Crippen molar-refractivity contribution in [2.75, 3.05) is 10.6 Å². The number of carbonyl (C=O) groups excluding carboxylic acids is 1. The van der Waals surface area contributed by atoms with Gasteiger partial charge in [-0.1, -0.05) is 35.5 Å². The van der Waals surface area contributed by atoms with Crippen molar-refractivity contribution in [3.8, 4) is 0 Å². The first-order chi connectivity index (χ1) is 11.7. The summed E-state index contributed by atoms with van der Waals surface area (Å²) in [5, 5.41) is 17.5. The maximum absolute atomic E-state index is 11.9. The van der Waals surface area contributed by atoms with Gasteiger partial charge in [-0.25, -0.2) is 0 Å². The molecule has 0 spiro atoms. The van der Waals surface area contributed by atoms with Gasteiger partial charge >= 0.3 is 0 Å². The van der Waals surface area contributed by atoms with Crippen LogP contribution >= 0.6 is 0 Å². The number of benzene rings is 1. The molecular weight excluding hydrogens is 306 g/mol. The molecule has 0 aliphatic carbocycles. The van der Waals surface area contributed by atoms with Gasteiger partial charge in [-0.05, 0) is 31.0 Å². The average molecular weight is 323 g/mol. The molecule has 0 saturated carbocycles. The normalized spacial score (nSPS) is 10.4. The Hall–Kier alpha value is -3.22. The number of hydrogen-bond donors (Lipinski definition) is 2. The van der Waals surface area contributed by atoms with E-state index < -0.39 is 0 Å². The van der Waals surface area contributed by atoms with E-state index in [1.807, 2.05) is 30.3 Å². The highest BCUT2D eigenvalue weighted by Gasteiger charge is 2.06. The summed E-state index contributed by atoms with van der Waals surface area (Å²) in [5.74, 6) is 2.09. The summed E-state index contributed by atoms with van der Waals surface area (Å²) < 4.78 is 4.96. The second-order valence-electron chi connectivity index (χ2n) is 5.29. The van der Waals surface area contributed by atoms with E-state index in [0.717, 1.165) is 5.56 Å². The fraction of sp³-hybridized carbons (Fsp3) is 0.176. The van der Waals surface area contributed by atoms with Crippen LogP contribution in [0.15, 0.2) is 53.1 Å². The number of rotatable bonds is 6. The van der Waals surface area contributed by atoms with Crippen molar-refractivity contribution >= 4 is 23.4 Å². The molecule has 2 N–H and O–H groups in total. The van der Waals surface area contributed by atoms with Gasteiger partial charge in [0.25, 0.3) is 0 Å². The Kier molecular flexibility index (Phi) is 4.81. The molecule has 0 radical (unpaired) electrons. The molecule has 3 aromatic rings. The van der Waals surface area contributed by atoms with E-state index in [-0.39, 0.29) is 5.91 Å². The van der Waals surface area contributed by atoms with Gasteiger partial charge in [0.1, 0.15) is 5.76 Å². The lowest BCUT2D eigenvalue weighted by molar-refractivity contribution is -0.116. The zero-order chi connectivity index (χ0) is 16.8. The summed E-state index contributed by atoms with van der Waals surface area (Å²) in [4.78, 5) is 11.9. The van der Waals surface area contributed by atoms with Crippen LogP contribution in [0, 0.1) is 6.92 Å². The fourth-order valence-corrected chi connectivity index (χ4v) is 2.13. The minimum absolute atomic E-state index is 0.0963. The third-order valence-electron chi connectivity index (χ3n) is 3.30. The first-order valence-electron chi connectivity index (χ1n) is 7.57. The maximum atomic E-state index is 11.9. The van der Waals surface area contributed by atoms with Gasteiger partial charge in [-0.15, -0.1) is 10.2 Å². The topological polar surface area (TPSA) is 92.9 Å². The molecule has 0 atom stereocenters. The number of nitrogens with zero attached hydrogens (tertiary/aromatic N) is 3. The number of nitrogens with one attached hydrogen (secondary N) is 2. The van der Waals surface area contributed by atoms with Gasteiger partial charge < -0.3 is 15.2 Å². The highest BCUT2D eigenvalue weighted by Crippen LogP contribution is 2.14. The lowest BCUT2D eigenvalue weighted by Gasteiger charge is -2.05. The van der Waals surface area contributed by atoms with E-state index in [4.69, 9.17) is 4.52 Å². The van der Waals surface area contributed by atoms with E-state index in [1.54, 1.807) is 25.1 Å². The molecule has 7 nitrogen and oxygen atoms in total. The second kappa shape index (κ2) is 7.36. The van der Waals surface area contributed by atoms with Gasteiger partial charge in [0.05, 0.1) is 0 Å². The molecule has 2 heterocycles. The van der Waals surface area contributed by atoms with Crippen molar-refractivity contribution in [1.82, 2.24) is 15.4 Å². The molecular formula is C17H17N5O2. The molecule has 1 amide bonds. The van der Waals surface area contributed by atoms with Gasteiger partial charge in [-0.3, -0.25) is 4.79 Å². The fourth-order valence-electron chi connectivity index (χ4n) is 2.13. The highest BCUT2D eigenvalue weighted by molar-refractivity contribution is 5.89. The van der Waals surface area contributed by atoms with Crippen LogP contribution in [-0.4, -0.2) is 21.3 Å². The number of amides is 1. The molecule has 7 heteroatoms. The summed E-state index contributed by atoms with van der Waals surface area (Å²) in [6, 6.07) is 15.0. The van der Waals surface area contributed by atoms with Crippen LogP contribution in [0.5, 0.6) is 0 Å². The molecule has 0 fully saturated rings. The summed E-state index contributed by atoms with van der Waals surface area (Å²) in [6.07, 6.45) is 1.08. The Bertz CT molecular complexity index is 799. The minimum Gasteiger partial charge on any atom is -0.360 e. The molecule has 0 unspecified atom stereocenters. The Balaban J connectivity index is 1.51. The van der Waals surface area contributed by atoms with Crippen LogP contribution < -0.4 is 10.6 Å². The molecule has 0 saturated heterocycles. The van der Waals surface area contributed by atoms with Crippen molar-refractivity contribution in [3.63, 3.8) is 0 Å². The van der Waals surface area contributed by atoms with Gasteiger partial charge in [-0.2, -0.15) is 0 Å². The number of anilines is 3. The van der Waals surface area contributed by atoms with Crippen LogP contribution in [-0.2, 0) is 11.2 Å². The Morgan fingerprint density at radius 1 is 1.04 bits per heavy atom. The molecule has 122 valence electrons. The summed E-state index contributed by atoms with van der Waals surface area (Å²) in [5.41, 5.74) is 1.13. The monoisotopic (exact) mass is 323 g/mol. The van der Waals surface area contributed by atoms with Crippen LogP contribution in [0.2, 0.25) is 0 Å². The minimum atomic E-state index is -0.0963. The first kappa shape index (κ1) is 15.7. The zero-order valence-electron chi connectivity index (χ0n) is 13.2. The highest BCUT2D eigenvalue weighted by atomic mass is 16.5. The molecule has 24 heavy (non-hydrogen) atoms. The predicted octanol–water partition coefficient (Wildman–Crippen LogP) is 3.09. The van der Waals surface area contributed by atoms with Gasteiger partial charge in [0, 0.05) is 12.5 Å². The molecule has 2 aromatic heterocycles. The Morgan fingerprint density at radius 2 is 1.79 bits per heavy atom. The second-order valence-corrected chi connectivity index (χ2v) is 5.29. The van der Waals surface area contributed by atoms with Gasteiger partial charge in [0.2, 0.25) is 5.91 Å². The standard InChI is InChI=1S/C17H17N5O2/c1-12-11-16(22-24-12)18-14-8-9-15(21-20-14)19-17(23)10-7-13-5-3-2-4-6-13/h2-6,8-9,11H,7,10H2,1H3,(H,18,20,22)(H,19,21,23). The van der Waals surface area contributed by atoms with Crippen LogP contribution in [0.1, 0.15) is 17.7 Å². The van der Waals surface area contributed by atoms with Gasteiger partial charge in [0.15, 0.2) is 17.5 Å². The third-order valence-corrected chi connectivity index (χ3v) is 3.30. The van der Waals surface area contributed by atoms with Crippen LogP contribution in [0.25, 0.3) is 0 Å². The van der Waals surface area contributed by atoms with Crippen LogP contribution in [0.3, 0.4) is 0 Å². The molecule has 0 bridgehead atoms. The summed E-state index contributed by atoms with van der Waals surface area (Å²) in [7, 11) is 0.